The lowest BCUT2D eigenvalue weighted by atomic mass is 10.1. The summed E-state index contributed by atoms with van der Waals surface area (Å²) in [5, 5.41) is 4.55. The maximum absolute atomic E-state index is 12.4. The summed E-state index contributed by atoms with van der Waals surface area (Å²) in [7, 11) is -3.63. The standard InChI is InChI=1S/C23H21Cl2N3O3S/c1-16(18-7-4-3-5-8-18)26-27-23(29)19-13-11-17(12-14-19)15-28(32(2,30)31)21-10-6-9-20(24)22(21)25/h3-14H,15H2,1-2H3,(H,27,29)/b26-16-. The summed E-state index contributed by atoms with van der Waals surface area (Å²) in [6.07, 6.45) is 1.10. The number of carbonyl (C=O) groups excluding carboxylic acids is 1. The molecule has 0 aliphatic heterocycles. The van der Waals surface area contributed by atoms with Crippen LogP contribution in [0.2, 0.25) is 10.0 Å². The highest BCUT2D eigenvalue weighted by molar-refractivity contribution is 7.92. The normalized spacial score (nSPS) is 11.8. The fourth-order valence-electron chi connectivity index (χ4n) is 2.94. The minimum Gasteiger partial charge on any atom is -0.267 e. The van der Waals surface area contributed by atoms with Gasteiger partial charge in [-0.25, -0.2) is 13.8 Å². The Bertz CT molecular complexity index is 1250. The van der Waals surface area contributed by atoms with E-state index in [9.17, 15) is 13.2 Å². The van der Waals surface area contributed by atoms with E-state index in [0.29, 0.717) is 16.8 Å². The van der Waals surface area contributed by atoms with Gasteiger partial charge in [-0.2, -0.15) is 5.10 Å². The Kier molecular flexibility index (Phi) is 7.56. The van der Waals surface area contributed by atoms with Crippen molar-refractivity contribution >= 4 is 50.5 Å². The number of halogens is 2. The van der Waals surface area contributed by atoms with Crippen molar-refractivity contribution in [3.63, 3.8) is 0 Å². The zero-order valence-corrected chi connectivity index (χ0v) is 19.7. The zero-order valence-electron chi connectivity index (χ0n) is 17.4. The van der Waals surface area contributed by atoms with Crippen molar-refractivity contribution in [2.24, 2.45) is 5.10 Å². The Labute approximate surface area is 197 Å². The second-order valence-electron chi connectivity index (χ2n) is 7.04. The molecule has 1 amide bonds. The van der Waals surface area contributed by atoms with Crippen molar-refractivity contribution in [3.05, 3.63) is 99.5 Å². The van der Waals surface area contributed by atoms with Crippen molar-refractivity contribution in [2.75, 3.05) is 10.6 Å². The van der Waals surface area contributed by atoms with E-state index in [1.54, 1.807) is 49.4 Å². The fraction of sp³-hybridized carbons (Fsp3) is 0.130. The Balaban J connectivity index is 1.75. The number of hydrazone groups is 1. The summed E-state index contributed by atoms with van der Waals surface area (Å²) in [6.45, 7) is 1.84. The minimum absolute atomic E-state index is 0.0338. The molecular weight excluding hydrogens is 469 g/mol. The number of nitrogens with one attached hydrogen (secondary N) is 1. The second kappa shape index (κ2) is 10.2. The van der Waals surface area contributed by atoms with Crippen LogP contribution in [0.5, 0.6) is 0 Å². The van der Waals surface area contributed by atoms with E-state index in [4.69, 9.17) is 23.2 Å². The molecule has 0 fully saturated rings. The Morgan fingerprint density at radius 1 is 0.938 bits per heavy atom. The van der Waals surface area contributed by atoms with Crippen molar-refractivity contribution in [1.82, 2.24) is 5.43 Å². The molecule has 0 saturated heterocycles. The van der Waals surface area contributed by atoms with Crippen LogP contribution in [-0.2, 0) is 16.6 Å². The third-order valence-corrected chi connectivity index (χ3v) is 6.59. The number of amides is 1. The molecule has 0 heterocycles. The highest BCUT2D eigenvalue weighted by Crippen LogP contribution is 2.34. The summed E-state index contributed by atoms with van der Waals surface area (Å²) in [6, 6.07) is 20.9. The molecule has 0 aromatic heterocycles. The average Bonchev–Trinajstić information content (AvgIpc) is 2.78. The highest BCUT2D eigenvalue weighted by atomic mass is 35.5. The maximum Gasteiger partial charge on any atom is 0.271 e. The topological polar surface area (TPSA) is 78.8 Å². The number of hydrogen-bond acceptors (Lipinski definition) is 4. The van der Waals surface area contributed by atoms with Gasteiger partial charge >= 0.3 is 0 Å². The number of nitrogens with zero attached hydrogens (tertiary/aromatic N) is 2. The van der Waals surface area contributed by atoms with Crippen LogP contribution in [0.15, 0.2) is 77.9 Å². The van der Waals surface area contributed by atoms with Crippen molar-refractivity contribution in [2.45, 2.75) is 13.5 Å². The third kappa shape index (κ3) is 5.88. The van der Waals surface area contributed by atoms with Crippen LogP contribution in [0.1, 0.15) is 28.4 Å². The van der Waals surface area contributed by atoms with Crippen LogP contribution in [0.25, 0.3) is 0 Å². The minimum atomic E-state index is -3.63. The molecule has 3 rings (SSSR count). The number of hydrogen-bond donors (Lipinski definition) is 1. The number of sulfonamides is 1. The maximum atomic E-state index is 12.4. The quantitative estimate of drug-likeness (QED) is 0.369. The van der Waals surface area contributed by atoms with E-state index in [-0.39, 0.29) is 28.2 Å². The van der Waals surface area contributed by atoms with Crippen molar-refractivity contribution in [1.29, 1.82) is 0 Å². The van der Waals surface area contributed by atoms with Gasteiger partial charge < -0.3 is 0 Å². The van der Waals surface area contributed by atoms with Gasteiger partial charge in [0.2, 0.25) is 10.0 Å². The lowest BCUT2D eigenvalue weighted by molar-refractivity contribution is 0.0955. The molecule has 9 heteroatoms. The van der Waals surface area contributed by atoms with Crippen LogP contribution in [0, 0.1) is 0 Å². The van der Waals surface area contributed by atoms with Gasteiger partial charge in [0.15, 0.2) is 0 Å². The lowest BCUT2D eigenvalue weighted by Crippen LogP contribution is -2.29. The van der Waals surface area contributed by atoms with Crippen LogP contribution >= 0.6 is 23.2 Å². The Hall–Kier alpha value is -2.87. The predicted octanol–water partition coefficient (Wildman–Crippen LogP) is 5.11. The first kappa shape index (κ1) is 23.8. The first-order valence-electron chi connectivity index (χ1n) is 9.57. The van der Waals surface area contributed by atoms with E-state index in [1.807, 2.05) is 30.3 Å². The monoisotopic (exact) mass is 489 g/mol. The van der Waals surface area contributed by atoms with Crippen LogP contribution < -0.4 is 9.73 Å². The highest BCUT2D eigenvalue weighted by Gasteiger charge is 2.21. The molecule has 6 nitrogen and oxygen atoms in total. The van der Waals surface area contributed by atoms with Gasteiger partial charge in [-0.1, -0.05) is 71.7 Å². The smallest absolute Gasteiger partial charge is 0.267 e. The molecule has 32 heavy (non-hydrogen) atoms. The predicted molar refractivity (Wildman–Crippen MR) is 130 cm³/mol. The third-order valence-electron chi connectivity index (χ3n) is 4.66. The first-order valence-corrected chi connectivity index (χ1v) is 12.2. The molecular formula is C23H21Cl2N3O3S. The zero-order chi connectivity index (χ0) is 23.3. The van der Waals surface area contributed by atoms with E-state index < -0.39 is 10.0 Å². The number of rotatable bonds is 7. The van der Waals surface area contributed by atoms with E-state index in [0.717, 1.165) is 11.8 Å². The molecule has 0 unspecified atom stereocenters. The van der Waals surface area contributed by atoms with E-state index in [1.165, 1.54) is 4.31 Å². The molecule has 1 N–H and O–H groups in total. The number of benzene rings is 3. The molecule has 0 aliphatic carbocycles. The first-order chi connectivity index (χ1) is 15.2. The number of anilines is 1. The summed E-state index contributed by atoms with van der Waals surface area (Å²) in [5.74, 6) is -0.371. The SMILES string of the molecule is C/C(=N/NC(=O)c1ccc(CN(c2cccc(Cl)c2Cl)S(C)(=O)=O)cc1)c1ccccc1. The lowest BCUT2D eigenvalue weighted by Gasteiger charge is -2.24. The Morgan fingerprint density at radius 2 is 1.59 bits per heavy atom. The van der Waals surface area contributed by atoms with Crippen LogP contribution in [-0.4, -0.2) is 26.3 Å². The molecule has 3 aromatic rings. The largest absolute Gasteiger partial charge is 0.271 e. The van der Waals surface area contributed by atoms with Gasteiger partial charge in [-0.15, -0.1) is 0 Å². The summed E-state index contributed by atoms with van der Waals surface area (Å²) < 4.78 is 25.9. The van der Waals surface area contributed by atoms with Gasteiger partial charge in [-0.3, -0.25) is 9.10 Å². The summed E-state index contributed by atoms with van der Waals surface area (Å²) in [4.78, 5) is 12.4. The second-order valence-corrected chi connectivity index (χ2v) is 9.74. The van der Waals surface area contributed by atoms with Crippen LogP contribution in [0.4, 0.5) is 5.69 Å². The van der Waals surface area contributed by atoms with Crippen LogP contribution in [0.3, 0.4) is 0 Å². The fourth-order valence-corrected chi connectivity index (χ4v) is 4.28. The van der Waals surface area contributed by atoms with Gasteiger partial charge in [0, 0.05) is 5.56 Å². The molecule has 0 radical (unpaired) electrons. The van der Waals surface area contributed by atoms with E-state index in [2.05, 4.69) is 10.5 Å². The summed E-state index contributed by atoms with van der Waals surface area (Å²) >= 11 is 12.3. The van der Waals surface area contributed by atoms with Gasteiger partial charge in [0.25, 0.3) is 5.91 Å². The summed E-state index contributed by atoms with van der Waals surface area (Å²) in [5.41, 5.74) is 5.47. The van der Waals surface area contributed by atoms with Gasteiger partial charge in [0.1, 0.15) is 0 Å². The Morgan fingerprint density at radius 3 is 2.22 bits per heavy atom. The van der Waals surface area contributed by atoms with Gasteiger partial charge in [0.05, 0.1) is 34.2 Å². The average molecular weight is 490 g/mol. The molecule has 3 aromatic carbocycles. The molecule has 0 saturated carbocycles. The molecule has 0 bridgehead atoms. The van der Waals surface area contributed by atoms with Gasteiger partial charge in [-0.05, 0) is 42.3 Å². The molecule has 166 valence electrons. The molecule has 0 aliphatic rings. The van der Waals surface area contributed by atoms with E-state index >= 15 is 0 Å². The molecule has 0 atom stereocenters. The number of carbonyl (C=O) groups is 1. The molecule has 0 spiro atoms. The van der Waals surface area contributed by atoms with Crippen molar-refractivity contribution in [3.8, 4) is 0 Å². The van der Waals surface area contributed by atoms with Crippen molar-refractivity contribution < 1.29 is 13.2 Å².